The van der Waals surface area contributed by atoms with Crippen molar-refractivity contribution in [3.05, 3.63) is 35.4 Å². The van der Waals surface area contributed by atoms with Crippen LogP contribution in [-0.4, -0.2) is 5.91 Å². The van der Waals surface area contributed by atoms with E-state index in [0.717, 1.165) is 0 Å². The molecule has 0 bridgehead atoms. The SMILES string of the molecule is [2H]C([2H])([NH3+])c1ccc(C(N)=O)cc1. The van der Waals surface area contributed by atoms with Crippen LogP contribution in [0.5, 0.6) is 0 Å². The molecule has 0 spiro atoms. The van der Waals surface area contributed by atoms with Crippen molar-refractivity contribution in [3.63, 3.8) is 0 Å². The summed E-state index contributed by atoms with van der Waals surface area (Å²) in [7, 11) is 0. The van der Waals surface area contributed by atoms with Crippen LogP contribution in [0.15, 0.2) is 24.3 Å². The molecule has 11 heavy (non-hydrogen) atoms. The Morgan fingerprint density at radius 2 is 2.09 bits per heavy atom. The van der Waals surface area contributed by atoms with Gasteiger partial charge in [0.25, 0.3) is 0 Å². The molecule has 0 aliphatic carbocycles. The van der Waals surface area contributed by atoms with Crippen LogP contribution in [0.1, 0.15) is 18.7 Å². The highest BCUT2D eigenvalue weighted by Crippen LogP contribution is 2.01. The summed E-state index contributed by atoms with van der Waals surface area (Å²) < 4.78 is 14.6. The fourth-order valence-corrected chi connectivity index (χ4v) is 0.752. The average Bonchev–Trinajstić information content (AvgIpc) is 2.03. The molecule has 1 aromatic rings. The van der Waals surface area contributed by atoms with E-state index in [4.69, 9.17) is 8.48 Å². The van der Waals surface area contributed by atoms with E-state index in [2.05, 4.69) is 5.73 Å². The molecule has 0 unspecified atom stereocenters. The molecule has 3 nitrogen and oxygen atoms in total. The number of benzene rings is 1. The van der Waals surface area contributed by atoms with E-state index in [1.54, 1.807) is 0 Å². The first-order chi connectivity index (χ1) is 5.91. The normalized spacial score (nSPS) is 13.5. The van der Waals surface area contributed by atoms with Gasteiger partial charge in [0.05, 0.1) is 9.24 Å². The Balaban J connectivity index is 3.01. The molecule has 1 rings (SSSR count). The first-order valence-electron chi connectivity index (χ1n) is 4.17. The third-order valence-corrected chi connectivity index (χ3v) is 1.37. The second-order valence-corrected chi connectivity index (χ2v) is 2.12. The summed E-state index contributed by atoms with van der Waals surface area (Å²) in [5, 5.41) is 0. The standard InChI is InChI=1S/C8H10N2O/c9-5-6-1-3-7(4-2-6)8(10)11/h1-4H,5,9H2,(H2,10,11)/p+1/i5D2. The first kappa shape index (κ1) is 5.32. The van der Waals surface area contributed by atoms with Gasteiger partial charge in [-0.1, -0.05) is 12.1 Å². The number of nitrogens with two attached hydrogens (primary N) is 1. The van der Waals surface area contributed by atoms with Gasteiger partial charge in [-0.3, -0.25) is 4.79 Å². The molecular formula is C8H11N2O+. The zero-order valence-corrected chi connectivity index (χ0v) is 6.00. The van der Waals surface area contributed by atoms with Gasteiger partial charge in [0.1, 0.15) is 0 Å². The molecule has 1 amide bonds. The lowest BCUT2D eigenvalue weighted by molar-refractivity contribution is -0.386. The van der Waals surface area contributed by atoms with Crippen LogP contribution < -0.4 is 11.5 Å². The Bertz CT molecular complexity index is 316. The second-order valence-electron chi connectivity index (χ2n) is 2.12. The molecule has 5 N–H and O–H groups in total. The fraction of sp³-hybridized carbons (Fsp3) is 0.125. The molecular weight excluding hydrogens is 140 g/mol. The summed E-state index contributed by atoms with van der Waals surface area (Å²) in [6.45, 7) is -1.63. The molecule has 0 aliphatic rings. The highest BCUT2D eigenvalue weighted by molar-refractivity contribution is 5.92. The van der Waals surface area contributed by atoms with E-state index in [-0.39, 0.29) is 0 Å². The number of hydrogen-bond acceptors (Lipinski definition) is 1. The van der Waals surface area contributed by atoms with Crippen LogP contribution in [0.2, 0.25) is 0 Å². The van der Waals surface area contributed by atoms with Crippen molar-refractivity contribution in [1.29, 1.82) is 0 Å². The fourth-order valence-electron chi connectivity index (χ4n) is 0.752. The van der Waals surface area contributed by atoms with Gasteiger partial charge >= 0.3 is 0 Å². The van der Waals surface area contributed by atoms with Gasteiger partial charge in [-0.05, 0) is 12.1 Å². The molecule has 0 aliphatic heterocycles. The van der Waals surface area contributed by atoms with Crippen LogP contribution in [0, 0.1) is 0 Å². The summed E-state index contributed by atoms with van der Waals surface area (Å²) in [6.07, 6.45) is 0. The number of amides is 1. The predicted octanol–water partition coefficient (Wildman–Crippen LogP) is -0.473. The van der Waals surface area contributed by atoms with E-state index < -0.39 is 12.4 Å². The number of carbonyl (C=O) groups excluding carboxylic acids is 1. The van der Waals surface area contributed by atoms with Crippen LogP contribution in [-0.2, 0) is 6.50 Å². The molecule has 1 aromatic carbocycles. The maximum absolute atomic E-state index is 10.7. The van der Waals surface area contributed by atoms with Gasteiger partial charge in [-0.25, -0.2) is 0 Å². The van der Waals surface area contributed by atoms with Crippen molar-refractivity contribution in [2.75, 3.05) is 0 Å². The maximum atomic E-state index is 10.7. The van der Waals surface area contributed by atoms with E-state index in [9.17, 15) is 4.79 Å². The molecule has 0 aromatic heterocycles. The summed E-state index contributed by atoms with van der Waals surface area (Å²) >= 11 is 0. The highest BCUT2D eigenvalue weighted by atomic mass is 16.1. The van der Waals surface area contributed by atoms with Gasteiger partial charge in [-0.2, -0.15) is 0 Å². The minimum atomic E-state index is -1.63. The Morgan fingerprint density at radius 3 is 2.45 bits per heavy atom. The molecule has 0 saturated heterocycles. The van der Waals surface area contributed by atoms with Crippen molar-refractivity contribution in [2.24, 2.45) is 5.73 Å². The van der Waals surface area contributed by atoms with Crippen LogP contribution >= 0.6 is 0 Å². The molecule has 58 valence electrons. The van der Waals surface area contributed by atoms with Gasteiger partial charge in [0.2, 0.25) is 5.91 Å². The number of primary amides is 1. The molecule has 0 saturated carbocycles. The minimum Gasteiger partial charge on any atom is -0.366 e. The lowest BCUT2D eigenvalue weighted by Gasteiger charge is -1.95. The topological polar surface area (TPSA) is 70.7 Å². The third kappa shape index (κ3) is 1.78. The molecule has 0 radical (unpaired) electrons. The van der Waals surface area contributed by atoms with E-state index in [1.165, 1.54) is 24.3 Å². The quantitative estimate of drug-likeness (QED) is 0.592. The Hall–Kier alpha value is -1.35. The van der Waals surface area contributed by atoms with Crippen LogP contribution in [0.4, 0.5) is 0 Å². The number of hydrogen-bond donors (Lipinski definition) is 2. The predicted molar refractivity (Wildman–Crippen MR) is 41.6 cm³/mol. The molecule has 0 fully saturated rings. The summed E-state index contributed by atoms with van der Waals surface area (Å²) in [6, 6.07) is 5.99. The van der Waals surface area contributed by atoms with Crippen molar-refractivity contribution in [1.82, 2.24) is 0 Å². The summed E-state index contributed by atoms with van der Waals surface area (Å²) in [4.78, 5) is 10.7. The Morgan fingerprint density at radius 1 is 1.55 bits per heavy atom. The maximum Gasteiger partial charge on any atom is 0.248 e. The smallest absolute Gasteiger partial charge is 0.248 e. The zero-order chi connectivity index (χ0) is 10.1. The lowest BCUT2D eigenvalue weighted by atomic mass is 10.1. The van der Waals surface area contributed by atoms with E-state index in [1.807, 2.05) is 0 Å². The third-order valence-electron chi connectivity index (χ3n) is 1.37. The Kier molecular flexibility index (Phi) is 1.53. The first-order valence-corrected chi connectivity index (χ1v) is 3.17. The summed E-state index contributed by atoms with van der Waals surface area (Å²) in [5.74, 6) is -0.517. The number of quaternary nitrogens is 1. The van der Waals surface area contributed by atoms with E-state index >= 15 is 0 Å². The monoisotopic (exact) mass is 153 g/mol. The minimum absolute atomic E-state index is 0.369. The average molecular weight is 153 g/mol. The lowest BCUT2D eigenvalue weighted by Crippen LogP contribution is -2.47. The van der Waals surface area contributed by atoms with Crippen molar-refractivity contribution < 1.29 is 13.3 Å². The Labute approximate surface area is 67.8 Å². The van der Waals surface area contributed by atoms with Gasteiger partial charge in [-0.15, -0.1) is 0 Å². The van der Waals surface area contributed by atoms with Gasteiger partial charge in [0, 0.05) is 11.1 Å². The largest absolute Gasteiger partial charge is 0.366 e. The highest BCUT2D eigenvalue weighted by Gasteiger charge is 1.98. The zero-order valence-electron chi connectivity index (χ0n) is 8.00. The van der Waals surface area contributed by atoms with Gasteiger partial charge < -0.3 is 11.5 Å². The second kappa shape index (κ2) is 3.16. The van der Waals surface area contributed by atoms with Gasteiger partial charge in [0.15, 0.2) is 0 Å². The van der Waals surface area contributed by atoms with Crippen LogP contribution in [0.25, 0.3) is 0 Å². The number of carbonyl (C=O) groups is 1. The summed E-state index contributed by atoms with van der Waals surface area (Å²) in [5.41, 5.74) is 9.15. The van der Waals surface area contributed by atoms with E-state index in [0.29, 0.717) is 11.1 Å². The molecule has 3 heteroatoms. The van der Waals surface area contributed by atoms with Crippen molar-refractivity contribution >= 4 is 5.91 Å². The molecule has 0 heterocycles. The van der Waals surface area contributed by atoms with Crippen LogP contribution in [0.3, 0.4) is 0 Å². The van der Waals surface area contributed by atoms with Crippen molar-refractivity contribution in [3.8, 4) is 0 Å². The number of rotatable bonds is 2. The van der Waals surface area contributed by atoms with Crippen molar-refractivity contribution in [2.45, 2.75) is 6.50 Å². The molecule has 0 atom stereocenters.